The predicted molar refractivity (Wildman–Crippen MR) is 117 cm³/mol. The first-order valence-corrected chi connectivity index (χ1v) is 10.8. The van der Waals surface area contributed by atoms with E-state index in [0.717, 1.165) is 36.8 Å². The Hall–Kier alpha value is -2.33. The number of hydrogen-bond acceptors (Lipinski definition) is 2. The summed E-state index contributed by atoms with van der Waals surface area (Å²) in [6.45, 7) is 2.19. The summed E-state index contributed by atoms with van der Waals surface area (Å²) in [5, 5.41) is 3.81. The Balaban J connectivity index is 1.73. The SMILES string of the molecule is C[C@H](C(=O)NC1CCCCC1)N(Cc1ccc(Cl)cc1)C(=O)Cc1ccccc1. The van der Waals surface area contributed by atoms with Crippen molar-refractivity contribution in [1.82, 2.24) is 10.2 Å². The highest BCUT2D eigenvalue weighted by Gasteiger charge is 2.28. The molecule has 154 valence electrons. The third-order valence-electron chi connectivity index (χ3n) is 5.58. The van der Waals surface area contributed by atoms with Gasteiger partial charge in [0.25, 0.3) is 0 Å². The molecule has 1 fully saturated rings. The first-order chi connectivity index (χ1) is 14.0. The number of hydrogen-bond donors (Lipinski definition) is 1. The number of nitrogens with zero attached hydrogens (tertiary/aromatic N) is 1. The summed E-state index contributed by atoms with van der Waals surface area (Å²) in [6.07, 6.45) is 5.86. The van der Waals surface area contributed by atoms with Crippen molar-refractivity contribution in [2.24, 2.45) is 0 Å². The Morgan fingerprint density at radius 2 is 1.66 bits per heavy atom. The Labute approximate surface area is 178 Å². The molecule has 1 atom stereocenters. The van der Waals surface area contributed by atoms with Crippen LogP contribution in [0.1, 0.15) is 50.2 Å². The van der Waals surface area contributed by atoms with Gasteiger partial charge in [0, 0.05) is 17.6 Å². The van der Waals surface area contributed by atoms with Crippen molar-refractivity contribution in [3.05, 3.63) is 70.7 Å². The maximum absolute atomic E-state index is 13.1. The van der Waals surface area contributed by atoms with Gasteiger partial charge in [-0.05, 0) is 43.0 Å². The van der Waals surface area contributed by atoms with Gasteiger partial charge in [-0.3, -0.25) is 9.59 Å². The molecule has 2 amide bonds. The van der Waals surface area contributed by atoms with Crippen molar-refractivity contribution in [3.8, 4) is 0 Å². The topological polar surface area (TPSA) is 49.4 Å². The van der Waals surface area contributed by atoms with E-state index in [1.807, 2.05) is 61.5 Å². The zero-order valence-electron chi connectivity index (χ0n) is 16.9. The second-order valence-electron chi connectivity index (χ2n) is 7.83. The number of nitrogens with one attached hydrogen (secondary N) is 1. The maximum atomic E-state index is 13.1. The lowest BCUT2D eigenvalue weighted by atomic mass is 9.95. The van der Waals surface area contributed by atoms with Gasteiger partial charge in [0.15, 0.2) is 0 Å². The van der Waals surface area contributed by atoms with E-state index in [-0.39, 0.29) is 24.3 Å². The van der Waals surface area contributed by atoms with Crippen molar-refractivity contribution >= 4 is 23.4 Å². The van der Waals surface area contributed by atoms with E-state index >= 15 is 0 Å². The van der Waals surface area contributed by atoms with Gasteiger partial charge in [-0.2, -0.15) is 0 Å². The zero-order valence-corrected chi connectivity index (χ0v) is 17.7. The van der Waals surface area contributed by atoms with Crippen LogP contribution in [-0.2, 0) is 22.6 Å². The summed E-state index contributed by atoms with van der Waals surface area (Å²) in [6, 6.07) is 16.7. The van der Waals surface area contributed by atoms with Gasteiger partial charge in [0.1, 0.15) is 6.04 Å². The van der Waals surface area contributed by atoms with E-state index in [9.17, 15) is 9.59 Å². The van der Waals surface area contributed by atoms with Crippen LogP contribution in [0.4, 0.5) is 0 Å². The Morgan fingerprint density at radius 1 is 1.00 bits per heavy atom. The summed E-state index contributed by atoms with van der Waals surface area (Å²) in [5.74, 6) is -0.135. The molecule has 1 aliphatic rings. The molecule has 1 N–H and O–H groups in total. The van der Waals surface area contributed by atoms with Crippen molar-refractivity contribution in [3.63, 3.8) is 0 Å². The zero-order chi connectivity index (χ0) is 20.6. The monoisotopic (exact) mass is 412 g/mol. The lowest BCUT2D eigenvalue weighted by Gasteiger charge is -2.31. The molecule has 3 rings (SSSR count). The molecule has 5 heteroatoms. The van der Waals surface area contributed by atoms with Gasteiger partial charge in [0.05, 0.1) is 6.42 Å². The average Bonchev–Trinajstić information content (AvgIpc) is 2.74. The van der Waals surface area contributed by atoms with Gasteiger partial charge in [-0.15, -0.1) is 0 Å². The molecule has 0 radical (unpaired) electrons. The van der Waals surface area contributed by atoms with Crippen molar-refractivity contribution in [2.45, 2.75) is 64.1 Å². The van der Waals surface area contributed by atoms with Gasteiger partial charge < -0.3 is 10.2 Å². The molecular formula is C24H29ClN2O2. The van der Waals surface area contributed by atoms with Crippen LogP contribution in [0.25, 0.3) is 0 Å². The highest BCUT2D eigenvalue weighted by molar-refractivity contribution is 6.30. The lowest BCUT2D eigenvalue weighted by molar-refractivity contribution is -0.140. The normalized spacial score (nSPS) is 15.5. The highest BCUT2D eigenvalue weighted by atomic mass is 35.5. The molecule has 0 bridgehead atoms. The third kappa shape index (κ3) is 6.33. The van der Waals surface area contributed by atoms with Crippen molar-refractivity contribution in [1.29, 1.82) is 0 Å². The fourth-order valence-electron chi connectivity index (χ4n) is 3.81. The fourth-order valence-corrected chi connectivity index (χ4v) is 3.94. The molecule has 0 heterocycles. The van der Waals surface area contributed by atoms with E-state index in [1.54, 1.807) is 4.90 Å². The van der Waals surface area contributed by atoms with E-state index in [4.69, 9.17) is 11.6 Å². The number of halogens is 1. The van der Waals surface area contributed by atoms with Crippen LogP contribution in [0.15, 0.2) is 54.6 Å². The predicted octanol–water partition coefficient (Wildman–Crippen LogP) is 4.75. The number of carbonyl (C=O) groups excluding carboxylic acids is 2. The summed E-state index contributed by atoms with van der Waals surface area (Å²) in [7, 11) is 0. The Kier molecular flexibility index (Phi) is 7.70. The van der Waals surface area contributed by atoms with Crippen LogP contribution in [-0.4, -0.2) is 28.8 Å². The molecule has 2 aromatic carbocycles. The summed E-state index contributed by atoms with van der Waals surface area (Å²) >= 11 is 5.99. The number of rotatable bonds is 7. The van der Waals surface area contributed by atoms with Crippen LogP contribution in [0.5, 0.6) is 0 Å². The third-order valence-corrected chi connectivity index (χ3v) is 5.84. The fraction of sp³-hybridized carbons (Fsp3) is 0.417. The summed E-state index contributed by atoms with van der Waals surface area (Å²) < 4.78 is 0. The maximum Gasteiger partial charge on any atom is 0.242 e. The number of amides is 2. The van der Waals surface area contributed by atoms with Crippen molar-refractivity contribution < 1.29 is 9.59 Å². The van der Waals surface area contributed by atoms with Crippen LogP contribution >= 0.6 is 11.6 Å². The van der Waals surface area contributed by atoms with Crippen LogP contribution in [0.3, 0.4) is 0 Å². The summed E-state index contributed by atoms with van der Waals surface area (Å²) in [4.78, 5) is 27.7. The largest absolute Gasteiger partial charge is 0.352 e. The Morgan fingerprint density at radius 3 is 2.31 bits per heavy atom. The molecule has 0 aliphatic heterocycles. The minimum Gasteiger partial charge on any atom is -0.352 e. The molecule has 0 unspecified atom stereocenters. The molecular weight excluding hydrogens is 384 g/mol. The van der Waals surface area contributed by atoms with E-state index < -0.39 is 6.04 Å². The minimum atomic E-state index is -0.538. The smallest absolute Gasteiger partial charge is 0.242 e. The minimum absolute atomic E-state index is 0.0579. The van der Waals surface area contributed by atoms with Crippen LogP contribution in [0.2, 0.25) is 5.02 Å². The second-order valence-corrected chi connectivity index (χ2v) is 8.27. The quantitative estimate of drug-likeness (QED) is 0.713. The van der Waals surface area contributed by atoms with Crippen LogP contribution < -0.4 is 5.32 Å². The lowest BCUT2D eigenvalue weighted by Crippen LogP contribution is -2.50. The summed E-state index contributed by atoms with van der Waals surface area (Å²) in [5.41, 5.74) is 1.90. The highest BCUT2D eigenvalue weighted by Crippen LogP contribution is 2.19. The standard InChI is InChI=1S/C24H29ClN2O2/c1-18(24(29)26-22-10-6-3-7-11-22)27(17-20-12-14-21(25)15-13-20)23(28)16-19-8-4-2-5-9-19/h2,4-5,8-9,12-15,18,22H,3,6-7,10-11,16-17H2,1H3,(H,26,29)/t18-/m1/s1. The van der Waals surface area contributed by atoms with Crippen molar-refractivity contribution in [2.75, 3.05) is 0 Å². The molecule has 2 aromatic rings. The average molecular weight is 413 g/mol. The molecule has 0 saturated heterocycles. The second kappa shape index (κ2) is 10.4. The molecule has 1 saturated carbocycles. The van der Waals surface area contributed by atoms with Crippen LogP contribution in [0, 0.1) is 0 Å². The van der Waals surface area contributed by atoms with Gasteiger partial charge >= 0.3 is 0 Å². The number of benzene rings is 2. The molecule has 29 heavy (non-hydrogen) atoms. The first kappa shape index (κ1) is 21.4. The van der Waals surface area contributed by atoms with Gasteiger partial charge in [0.2, 0.25) is 11.8 Å². The first-order valence-electron chi connectivity index (χ1n) is 10.4. The van der Waals surface area contributed by atoms with E-state index in [1.165, 1.54) is 6.42 Å². The van der Waals surface area contributed by atoms with E-state index in [2.05, 4.69) is 5.32 Å². The molecule has 0 aromatic heterocycles. The molecule has 0 spiro atoms. The molecule has 4 nitrogen and oxygen atoms in total. The molecule has 1 aliphatic carbocycles. The Bertz CT molecular complexity index is 801. The van der Waals surface area contributed by atoms with Gasteiger partial charge in [-0.25, -0.2) is 0 Å². The van der Waals surface area contributed by atoms with Gasteiger partial charge in [-0.1, -0.05) is 73.3 Å². The number of carbonyl (C=O) groups is 2. The van der Waals surface area contributed by atoms with E-state index in [0.29, 0.717) is 11.6 Å².